The first-order valence-electron chi connectivity index (χ1n) is 7.35. The summed E-state index contributed by atoms with van der Waals surface area (Å²) < 4.78 is 0. The first-order chi connectivity index (χ1) is 9.41. The lowest BCUT2D eigenvalue weighted by atomic mass is 9.88. The molecular formula is C17H27N3. The molecule has 1 atom stereocenters. The van der Waals surface area contributed by atoms with E-state index in [1.807, 2.05) is 37.3 Å². The SMILES string of the molecule is CCNC(C#N)(CN(C)C(C)(C)CC)c1ccccc1. The zero-order valence-corrected chi connectivity index (χ0v) is 13.4. The fraction of sp³-hybridized carbons (Fsp3) is 0.588. The van der Waals surface area contributed by atoms with Crippen molar-refractivity contribution in [1.82, 2.24) is 10.2 Å². The molecule has 110 valence electrons. The Morgan fingerprint density at radius 1 is 1.20 bits per heavy atom. The van der Waals surface area contributed by atoms with Gasteiger partial charge in [-0.1, -0.05) is 44.2 Å². The van der Waals surface area contributed by atoms with Gasteiger partial charge >= 0.3 is 0 Å². The van der Waals surface area contributed by atoms with Crippen LogP contribution >= 0.6 is 0 Å². The molecule has 0 bridgehead atoms. The second-order valence-corrected chi connectivity index (χ2v) is 5.94. The fourth-order valence-corrected chi connectivity index (χ4v) is 2.25. The average Bonchev–Trinajstić information content (AvgIpc) is 2.47. The molecule has 1 N–H and O–H groups in total. The summed E-state index contributed by atoms with van der Waals surface area (Å²) in [6.07, 6.45) is 1.05. The molecule has 0 aliphatic heterocycles. The molecule has 0 aromatic heterocycles. The van der Waals surface area contributed by atoms with Gasteiger partial charge < -0.3 is 0 Å². The summed E-state index contributed by atoms with van der Waals surface area (Å²) in [7, 11) is 2.09. The van der Waals surface area contributed by atoms with E-state index in [1.165, 1.54) is 0 Å². The molecule has 0 amide bonds. The summed E-state index contributed by atoms with van der Waals surface area (Å²) in [5.41, 5.74) is 0.451. The van der Waals surface area contributed by atoms with Gasteiger partial charge in [-0.3, -0.25) is 10.2 Å². The van der Waals surface area contributed by atoms with E-state index in [1.54, 1.807) is 0 Å². The molecule has 1 unspecified atom stereocenters. The average molecular weight is 273 g/mol. The van der Waals surface area contributed by atoms with E-state index >= 15 is 0 Å². The maximum Gasteiger partial charge on any atom is 0.145 e. The number of rotatable bonds is 7. The molecule has 0 aliphatic carbocycles. The van der Waals surface area contributed by atoms with Gasteiger partial charge in [-0.2, -0.15) is 5.26 Å². The van der Waals surface area contributed by atoms with Gasteiger partial charge in [0, 0.05) is 12.1 Å². The highest BCUT2D eigenvalue weighted by atomic mass is 15.2. The summed E-state index contributed by atoms with van der Waals surface area (Å²) in [5.74, 6) is 0. The van der Waals surface area contributed by atoms with Crippen LogP contribution in [0.15, 0.2) is 30.3 Å². The Bertz CT molecular complexity index is 447. The van der Waals surface area contributed by atoms with Crippen LogP contribution in [0.25, 0.3) is 0 Å². The van der Waals surface area contributed by atoms with Crippen molar-refractivity contribution in [2.24, 2.45) is 0 Å². The zero-order chi connectivity index (χ0) is 15.2. The highest BCUT2D eigenvalue weighted by molar-refractivity contribution is 5.32. The number of likely N-dealkylation sites (N-methyl/N-ethyl adjacent to an activating group) is 2. The van der Waals surface area contributed by atoms with E-state index < -0.39 is 5.54 Å². The Hall–Kier alpha value is -1.37. The molecule has 0 saturated heterocycles. The molecule has 0 saturated carbocycles. The zero-order valence-electron chi connectivity index (χ0n) is 13.4. The molecule has 0 fully saturated rings. The number of nitrogens with zero attached hydrogens (tertiary/aromatic N) is 2. The van der Waals surface area contributed by atoms with Crippen molar-refractivity contribution in [3.63, 3.8) is 0 Å². The van der Waals surface area contributed by atoms with E-state index in [4.69, 9.17) is 0 Å². The Labute approximate surface area is 123 Å². The Kier molecular flexibility index (Phi) is 5.74. The molecule has 3 heteroatoms. The third kappa shape index (κ3) is 3.59. The van der Waals surface area contributed by atoms with Crippen molar-refractivity contribution in [3.8, 4) is 6.07 Å². The van der Waals surface area contributed by atoms with Crippen molar-refractivity contribution in [2.75, 3.05) is 20.1 Å². The maximum atomic E-state index is 9.81. The quantitative estimate of drug-likeness (QED) is 0.829. The van der Waals surface area contributed by atoms with Crippen LogP contribution < -0.4 is 5.32 Å². The van der Waals surface area contributed by atoms with Gasteiger partial charge in [0.15, 0.2) is 0 Å². The first-order valence-corrected chi connectivity index (χ1v) is 7.35. The molecule has 0 radical (unpaired) electrons. The summed E-state index contributed by atoms with van der Waals surface area (Å²) >= 11 is 0. The monoisotopic (exact) mass is 273 g/mol. The number of nitrogens with one attached hydrogen (secondary N) is 1. The second-order valence-electron chi connectivity index (χ2n) is 5.94. The lowest BCUT2D eigenvalue weighted by Gasteiger charge is -2.40. The molecule has 1 aromatic carbocycles. The minimum Gasteiger partial charge on any atom is -0.298 e. The van der Waals surface area contributed by atoms with Crippen molar-refractivity contribution in [1.29, 1.82) is 5.26 Å². The highest BCUT2D eigenvalue weighted by Crippen LogP contribution is 2.26. The van der Waals surface area contributed by atoms with Gasteiger partial charge in [-0.25, -0.2) is 0 Å². The van der Waals surface area contributed by atoms with Crippen LogP contribution in [0.4, 0.5) is 0 Å². The molecule has 1 rings (SSSR count). The number of benzene rings is 1. The number of nitriles is 1. The van der Waals surface area contributed by atoms with E-state index in [-0.39, 0.29) is 5.54 Å². The van der Waals surface area contributed by atoms with E-state index in [2.05, 4.69) is 44.1 Å². The largest absolute Gasteiger partial charge is 0.298 e. The summed E-state index contributed by atoms with van der Waals surface area (Å²) in [5, 5.41) is 13.2. The summed E-state index contributed by atoms with van der Waals surface area (Å²) in [6, 6.07) is 12.5. The first kappa shape index (κ1) is 16.7. The van der Waals surface area contributed by atoms with Crippen LogP contribution in [0.3, 0.4) is 0 Å². The maximum absolute atomic E-state index is 9.81. The Morgan fingerprint density at radius 3 is 2.25 bits per heavy atom. The second kappa shape index (κ2) is 6.88. The lowest BCUT2D eigenvalue weighted by Crippen LogP contribution is -2.54. The van der Waals surface area contributed by atoms with Crippen LogP contribution in [-0.2, 0) is 5.54 Å². The normalized spacial score (nSPS) is 14.8. The number of hydrogen-bond donors (Lipinski definition) is 1. The van der Waals surface area contributed by atoms with Crippen molar-refractivity contribution >= 4 is 0 Å². The van der Waals surface area contributed by atoms with Gasteiger partial charge in [0.1, 0.15) is 5.54 Å². The fourth-order valence-electron chi connectivity index (χ4n) is 2.25. The van der Waals surface area contributed by atoms with Crippen LogP contribution in [-0.4, -0.2) is 30.6 Å². The van der Waals surface area contributed by atoms with Crippen LogP contribution in [0, 0.1) is 11.3 Å². The lowest BCUT2D eigenvalue weighted by molar-refractivity contribution is 0.119. The standard InChI is InChI=1S/C17H27N3/c1-6-16(3,4)20(5)14-17(13-18,19-7-2)15-11-9-8-10-12-15/h8-12,19H,6-7,14H2,1-5H3. The third-order valence-electron chi connectivity index (χ3n) is 4.31. The number of hydrogen-bond acceptors (Lipinski definition) is 3. The smallest absolute Gasteiger partial charge is 0.145 e. The van der Waals surface area contributed by atoms with Gasteiger partial charge in [-0.15, -0.1) is 0 Å². The van der Waals surface area contributed by atoms with Crippen molar-refractivity contribution in [2.45, 2.75) is 45.2 Å². The van der Waals surface area contributed by atoms with Gasteiger partial charge in [0.2, 0.25) is 0 Å². The van der Waals surface area contributed by atoms with E-state index in [0.29, 0.717) is 6.54 Å². The molecule has 0 aliphatic rings. The molecular weight excluding hydrogens is 246 g/mol. The Morgan fingerprint density at radius 2 is 1.80 bits per heavy atom. The molecule has 1 aromatic rings. The van der Waals surface area contributed by atoms with Gasteiger partial charge in [0.25, 0.3) is 0 Å². The predicted octanol–water partition coefficient (Wildman–Crippen LogP) is 3.14. The molecule has 0 spiro atoms. The van der Waals surface area contributed by atoms with E-state index in [0.717, 1.165) is 18.5 Å². The van der Waals surface area contributed by atoms with Gasteiger partial charge in [-0.05, 0) is 39.4 Å². The Balaban J connectivity index is 3.11. The van der Waals surface area contributed by atoms with E-state index in [9.17, 15) is 5.26 Å². The van der Waals surface area contributed by atoms with Gasteiger partial charge in [0.05, 0.1) is 6.07 Å². The third-order valence-corrected chi connectivity index (χ3v) is 4.31. The molecule has 3 nitrogen and oxygen atoms in total. The van der Waals surface area contributed by atoms with Crippen molar-refractivity contribution < 1.29 is 0 Å². The van der Waals surface area contributed by atoms with Crippen molar-refractivity contribution in [3.05, 3.63) is 35.9 Å². The van der Waals surface area contributed by atoms with Crippen LogP contribution in [0.1, 0.15) is 39.7 Å². The minimum absolute atomic E-state index is 0.0757. The topological polar surface area (TPSA) is 39.1 Å². The molecule has 20 heavy (non-hydrogen) atoms. The predicted molar refractivity (Wildman–Crippen MR) is 84.4 cm³/mol. The van der Waals surface area contributed by atoms with Crippen LogP contribution in [0.5, 0.6) is 0 Å². The van der Waals surface area contributed by atoms with Crippen LogP contribution in [0.2, 0.25) is 0 Å². The summed E-state index contributed by atoms with van der Waals surface area (Å²) in [6.45, 7) is 10.1. The highest BCUT2D eigenvalue weighted by Gasteiger charge is 2.36. The molecule has 0 heterocycles. The summed E-state index contributed by atoms with van der Waals surface area (Å²) in [4.78, 5) is 2.27. The minimum atomic E-state index is -0.656.